The minimum absolute atomic E-state index is 0.00104. The molecule has 0 aliphatic carbocycles. The Labute approximate surface area is 228 Å². The van der Waals surface area contributed by atoms with Gasteiger partial charge in [-0.05, 0) is 68.4 Å². The average Bonchev–Trinajstić information content (AvgIpc) is 3.36. The molecule has 0 spiro atoms. The van der Waals surface area contributed by atoms with Gasteiger partial charge in [0.15, 0.2) is 11.5 Å². The predicted octanol–water partition coefficient (Wildman–Crippen LogP) is 5.14. The van der Waals surface area contributed by atoms with Crippen molar-refractivity contribution < 1.29 is 14.3 Å². The summed E-state index contributed by atoms with van der Waals surface area (Å²) in [4.78, 5) is 22.9. The Morgan fingerprint density at radius 3 is 2.51 bits per heavy atom. The van der Waals surface area contributed by atoms with Gasteiger partial charge in [0.25, 0.3) is 5.91 Å². The van der Waals surface area contributed by atoms with Gasteiger partial charge in [0.05, 0.1) is 20.3 Å². The molecule has 0 saturated heterocycles. The number of nitrogens with one attached hydrogen (secondary N) is 2. The van der Waals surface area contributed by atoms with Crippen molar-refractivity contribution in [3.63, 3.8) is 0 Å². The maximum Gasteiger partial charge on any atom is 0.262 e. The molecule has 8 heteroatoms. The van der Waals surface area contributed by atoms with E-state index in [9.17, 15) is 10.1 Å². The number of amides is 1. The van der Waals surface area contributed by atoms with Crippen LogP contribution in [-0.4, -0.2) is 55.6 Å². The highest BCUT2D eigenvalue weighted by atomic mass is 16.5. The molecule has 0 fully saturated rings. The number of hydrogen-bond donors (Lipinski definition) is 2. The second kappa shape index (κ2) is 12.3. The zero-order valence-corrected chi connectivity index (χ0v) is 22.9. The van der Waals surface area contributed by atoms with Gasteiger partial charge >= 0.3 is 0 Å². The molecule has 2 aromatic heterocycles. The van der Waals surface area contributed by atoms with Crippen LogP contribution in [0.1, 0.15) is 29.7 Å². The van der Waals surface area contributed by atoms with Gasteiger partial charge in [0.2, 0.25) is 0 Å². The molecule has 39 heavy (non-hydrogen) atoms. The second-order valence-electron chi connectivity index (χ2n) is 9.59. The maximum absolute atomic E-state index is 13.0. The van der Waals surface area contributed by atoms with Crippen molar-refractivity contribution in [3.05, 3.63) is 83.2 Å². The fourth-order valence-corrected chi connectivity index (χ4v) is 4.30. The van der Waals surface area contributed by atoms with Crippen LogP contribution in [0.2, 0.25) is 0 Å². The fourth-order valence-electron chi connectivity index (χ4n) is 4.30. The second-order valence-corrected chi connectivity index (χ2v) is 9.59. The lowest BCUT2D eigenvalue weighted by atomic mass is 10.0. The van der Waals surface area contributed by atoms with Crippen molar-refractivity contribution in [3.8, 4) is 28.7 Å². The molecule has 0 saturated carbocycles. The van der Waals surface area contributed by atoms with Crippen LogP contribution in [-0.2, 0) is 11.2 Å². The number of nitriles is 1. The van der Waals surface area contributed by atoms with Gasteiger partial charge in [0, 0.05) is 35.5 Å². The molecular formula is C31H33N5O3. The van der Waals surface area contributed by atoms with Crippen LogP contribution in [0.15, 0.2) is 66.5 Å². The van der Waals surface area contributed by atoms with Crippen LogP contribution in [0.5, 0.6) is 11.5 Å². The highest BCUT2D eigenvalue weighted by molar-refractivity contribution is 6.04. The number of aromatic amines is 1. The number of carbonyl (C=O) groups is 1. The number of H-pyrrole nitrogens is 1. The first-order chi connectivity index (χ1) is 18.8. The molecule has 4 aromatic rings. The van der Waals surface area contributed by atoms with E-state index in [2.05, 4.69) is 58.5 Å². The lowest BCUT2D eigenvalue weighted by Gasteiger charge is -2.16. The first-order valence-electron chi connectivity index (χ1n) is 12.7. The molecule has 1 unspecified atom stereocenters. The molecule has 0 radical (unpaired) electrons. The number of hydrogen-bond acceptors (Lipinski definition) is 6. The molecule has 0 bridgehead atoms. The van der Waals surface area contributed by atoms with Crippen LogP contribution >= 0.6 is 0 Å². The average molecular weight is 524 g/mol. The topological polar surface area (TPSA) is 103 Å². The van der Waals surface area contributed by atoms with Crippen LogP contribution in [0, 0.1) is 11.3 Å². The molecule has 2 N–H and O–H groups in total. The highest BCUT2D eigenvalue weighted by Gasteiger charge is 2.17. The number of carbonyl (C=O) groups excluding carboxylic acids is 1. The predicted molar refractivity (Wildman–Crippen MR) is 153 cm³/mol. The molecule has 8 nitrogen and oxygen atoms in total. The third-order valence-electron chi connectivity index (χ3n) is 6.62. The van der Waals surface area contributed by atoms with E-state index in [0.717, 1.165) is 35.0 Å². The van der Waals surface area contributed by atoms with Gasteiger partial charge in [-0.25, -0.2) is 4.98 Å². The van der Waals surface area contributed by atoms with E-state index < -0.39 is 5.91 Å². The van der Waals surface area contributed by atoms with E-state index in [0.29, 0.717) is 22.7 Å². The first-order valence-corrected chi connectivity index (χ1v) is 12.7. The Morgan fingerprint density at radius 2 is 1.85 bits per heavy atom. The smallest absolute Gasteiger partial charge is 0.262 e. The molecule has 1 amide bonds. The molecule has 4 rings (SSSR count). The summed E-state index contributed by atoms with van der Waals surface area (Å²) < 4.78 is 10.7. The normalized spacial score (nSPS) is 12.3. The van der Waals surface area contributed by atoms with Crippen LogP contribution in [0.25, 0.3) is 28.2 Å². The van der Waals surface area contributed by atoms with Gasteiger partial charge in [-0.2, -0.15) is 5.26 Å². The van der Waals surface area contributed by atoms with E-state index in [-0.39, 0.29) is 11.6 Å². The van der Waals surface area contributed by atoms with Gasteiger partial charge in [-0.1, -0.05) is 30.3 Å². The highest BCUT2D eigenvalue weighted by Crippen LogP contribution is 2.30. The molecule has 2 heterocycles. The summed E-state index contributed by atoms with van der Waals surface area (Å²) in [7, 11) is 7.26. The number of pyridine rings is 1. The number of ether oxygens (including phenoxy) is 2. The number of nitrogens with zero attached hydrogens (tertiary/aromatic N) is 3. The van der Waals surface area contributed by atoms with Crippen LogP contribution in [0.4, 0.5) is 0 Å². The van der Waals surface area contributed by atoms with Crippen molar-refractivity contribution in [1.29, 1.82) is 5.26 Å². The Balaban J connectivity index is 1.55. The minimum Gasteiger partial charge on any atom is -0.493 e. The molecule has 1 atom stereocenters. The lowest BCUT2D eigenvalue weighted by Crippen LogP contribution is -2.27. The Hall–Kier alpha value is -4.61. The number of methoxy groups -OCH3 is 2. The maximum atomic E-state index is 13.0. The van der Waals surface area contributed by atoms with E-state index in [1.807, 2.05) is 31.3 Å². The standard InChI is InChI=1S/C31H33N5O3/c1-20(23-10-11-28(38-4)29(16-23)39-5)35-31(37)24(17-32)14-26-19-34-30-27(26)15-25(18-33-30)22-8-6-21(7-9-22)12-13-36(2)3/h6-11,14-16,18-20H,12-13H2,1-5H3,(H,33,34)(H,35,37)/b24-14-. The Kier molecular flexibility index (Phi) is 8.64. The Bertz CT molecular complexity index is 1530. The SMILES string of the molecule is COc1ccc(C(C)NC(=O)/C(C#N)=C\c2c[nH]c3ncc(-c4ccc(CCN(C)C)cc4)cc23)cc1OC. The fraction of sp³-hybridized carbons (Fsp3) is 0.258. The quantitative estimate of drug-likeness (QED) is 0.221. The van der Waals surface area contributed by atoms with Crippen molar-refractivity contribution in [2.75, 3.05) is 34.9 Å². The number of rotatable bonds is 10. The van der Waals surface area contributed by atoms with E-state index in [4.69, 9.17) is 9.47 Å². The number of fused-ring (bicyclic) bond motifs is 1. The summed E-state index contributed by atoms with van der Waals surface area (Å²) in [6, 6.07) is 17.6. The largest absolute Gasteiger partial charge is 0.493 e. The van der Waals surface area contributed by atoms with E-state index in [1.54, 1.807) is 38.6 Å². The first kappa shape index (κ1) is 27.4. The minimum atomic E-state index is -0.466. The number of aromatic nitrogens is 2. The van der Waals surface area contributed by atoms with Gasteiger partial charge in [-0.15, -0.1) is 0 Å². The molecule has 2 aromatic carbocycles. The lowest BCUT2D eigenvalue weighted by molar-refractivity contribution is -0.117. The zero-order chi connectivity index (χ0) is 27.9. The third-order valence-corrected chi connectivity index (χ3v) is 6.62. The summed E-state index contributed by atoms with van der Waals surface area (Å²) in [6.45, 7) is 2.84. The summed E-state index contributed by atoms with van der Waals surface area (Å²) in [6.07, 6.45) is 6.16. The van der Waals surface area contributed by atoms with Crippen LogP contribution < -0.4 is 14.8 Å². The third kappa shape index (κ3) is 6.46. The Morgan fingerprint density at radius 1 is 1.10 bits per heavy atom. The molecule has 200 valence electrons. The van der Waals surface area contributed by atoms with Gasteiger partial charge in [0.1, 0.15) is 17.3 Å². The van der Waals surface area contributed by atoms with E-state index >= 15 is 0 Å². The molecular weight excluding hydrogens is 490 g/mol. The van der Waals surface area contributed by atoms with Crippen molar-refractivity contribution >= 4 is 23.0 Å². The summed E-state index contributed by atoms with van der Waals surface area (Å²) in [5.41, 5.74) is 5.51. The monoisotopic (exact) mass is 523 g/mol. The van der Waals surface area contributed by atoms with Gasteiger partial charge < -0.3 is 24.7 Å². The zero-order valence-electron chi connectivity index (χ0n) is 22.9. The molecule has 0 aliphatic rings. The van der Waals surface area contributed by atoms with Crippen molar-refractivity contribution in [1.82, 2.24) is 20.2 Å². The summed E-state index contributed by atoms with van der Waals surface area (Å²) in [5.74, 6) is 0.703. The van der Waals surface area contributed by atoms with Crippen LogP contribution in [0.3, 0.4) is 0 Å². The van der Waals surface area contributed by atoms with Crippen molar-refractivity contribution in [2.24, 2.45) is 0 Å². The van der Waals surface area contributed by atoms with E-state index in [1.165, 1.54) is 5.56 Å². The molecule has 0 aliphatic heterocycles. The number of likely N-dealkylation sites (N-methyl/N-ethyl adjacent to an activating group) is 1. The number of benzene rings is 2. The summed E-state index contributed by atoms with van der Waals surface area (Å²) >= 11 is 0. The van der Waals surface area contributed by atoms with Crippen molar-refractivity contribution in [2.45, 2.75) is 19.4 Å². The summed E-state index contributed by atoms with van der Waals surface area (Å²) in [5, 5.41) is 13.5. The van der Waals surface area contributed by atoms with Gasteiger partial charge in [-0.3, -0.25) is 4.79 Å².